The third-order valence-corrected chi connectivity index (χ3v) is 10.9. The molecule has 0 aromatic carbocycles. The lowest BCUT2D eigenvalue weighted by Crippen LogP contribution is -2.54. The molecule has 148 valence electrons. The second-order valence-electron chi connectivity index (χ2n) is 9.72. The normalized spacial score (nSPS) is 36.4. The van der Waals surface area contributed by atoms with Crippen molar-refractivity contribution >= 4 is 8.32 Å². The number of aliphatic hydroxyl groups is 1. The van der Waals surface area contributed by atoms with Crippen molar-refractivity contribution < 1.29 is 23.7 Å². The molecule has 2 aliphatic heterocycles. The third-order valence-electron chi connectivity index (χ3n) is 6.42. The average Bonchev–Trinajstić information content (AvgIpc) is 3.22. The van der Waals surface area contributed by atoms with E-state index in [2.05, 4.69) is 40.4 Å². The van der Waals surface area contributed by atoms with Crippen LogP contribution in [0.2, 0.25) is 18.1 Å². The minimum Gasteiger partial charge on any atom is -0.413 e. The van der Waals surface area contributed by atoms with Gasteiger partial charge in [-0.3, -0.25) is 0 Å². The third kappa shape index (κ3) is 3.25. The Morgan fingerprint density at radius 1 is 1.31 bits per heavy atom. The molecule has 26 heavy (non-hydrogen) atoms. The van der Waals surface area contributed by atoms with Gasteiger partial charge in [0.25, 0.3) is 0 Å². The van der Waals surface area contributed by atoms with Gasteiger partial charge < -0.3 is 23.7 Å². The van der Waals surface area contributed by atoms with Crippen molar-refractivity contribution in [3.8, 4) is 0 Å². The summed E-state index contributed by atoms with van der Waals surface area (Å²) in [7, 11) is -1.93. The molecule has 6 heteroatoms. The lowest BCUT2D eigenvalue weighted by molar-refractivity contribution is -0.264. The summed E-state index contributed by atoms with van der Waals surface area (Å²) in [5, 5.41) is 11.1. The van der Waals surface area contributed by atoms with Gasteiger partial charge in [0.1, 0.15) is 23.9 Å². The second kappa shape index (κ2) is 6.26. The number of aliphatic hydroxyl groups excluding tert-OH is 1. The van der Waals surface area contributed by atoms with Crippen molar-refractivity contribution in [1.82, 2.24) is 0 Å². The standard InChI is InChI=1S/C20H34O5Si/c1-9-10-20-16-14(11-22-19(5,6)24-16)13(15(21)17(20)25-20)12-23-26(7,8)18(2,3)4/h9,15-17,21H,1,10-12H2,2-8H3/t15-,16-,17-,20+/m1/s1. The first kappa shape index (κ1) is 20.2. The van der Waals surface area contributed by atoms with Crippen LogP contribution in [0.25, 0.3) is 0 Å². The van der Waals surface area contributed by atoms with E-state index in [4.69, 9.17) is 18.6 Å². The van der Waals surface area contributed by atoms with E-state index in [1.165, 1.54) is 0 Å². The van der Waals surface area contributed by atoms with Crippen molar-refractivity contribution in [1.29, 1.82) is 0 Å². The molecule has 3 aliphatic rings. The van der Waals surface area contributed by atoms with Crippen molar-refractivity contribution in [3.63, 3.8) is 0 Å². The number of hydrogen-bond acceptors (Lipinski definition) is 5. The number of fused-ring (bicyclic) bond motifs is 3. The number of hydrogen-bond donors (Lipinski definition) is 1. The summed E-state index contributed by atoms with van der Waals surface area (Å²) < 4.78 is 24.6. The van der Waals surface area contributed by atoms with E-state index in [-0.39, 0.29) is 17.2 Å². The Kier molecular flexibility index (Phi) is 4.87. The molecule has 1 aliphatic carbocycles. The Balaban J connectivity index is 1.90. The molecule has 0 aromatic heterocycles. The summed E-state index contributed by atoms with van der Waals surface area (Å²) in [6, 6.07) is 0. The maximum Gasteiger partial charge on any atom is 0.192 e. The second-order valence-corrected chi connectivity index (χ2v) is 14.5. The molecule has 0 spiro atoms. The summed E-state index contributed by atoms with van der Waals surface area (Å²) >= 11 is 0. The van der Waals surface area contributed by atoms with E-state index < -0.39 is 25.8 Å². The van der Waals surface area contributed by atoms with E-state index in [0.717, 1.165) is 11.1 Å². The summed E-state index contributed by atoms with van der Waals surface area (Å²) in [4.78, 5) is 0. The van der Waals surface area contributed by atoms with Crippen LogP contribution in [0.15, 0.2) is 23.8 Å². The summed E-state index contributed by atoms with van der Waals surface area (Å²) in [5.74, 6) is -0.674. The quantitative estimate of drug-likeness (QED) is 0.448. The van der Waals surface area contributed by atoms with E-state index in [0.29, 0.717) is 19.6 Å². The summed E-state index contributed by atoms with van der Waals surface area (Å²) in [6.45, 7) is 19.6. The SMILES string of the molecule is C=CC[C@@]12O[C@@H]1[C@H](O)C(CO[Si](C)(C)C(C)(C)C)=C1COC(C)(C)O[C@H]12. The lowest BCUT2D eigenvalue weighted by atomic mass is 9.77. The molecule has 2 fully saturated rings. The smallest absolute Gasteiger partial charge is 0.192 e. The molecule has 0 radical (unpaired) electrons. The molecule has 4 atom stereocenters. The monoisotopic (exact) mass is 382 g/mol. The fourth-order valence-corrected chi connectivity index (χ4v) is 4.59. The Labute approximate surface area is 158 Å². The van der Waals surface area contributed by atoms with E-state index in [9.17, 15) is 5.11 Å². The molecule has 0 bridgehead atoms. The highest BCUT2D eigenvalue weighted by Gasteiger charge is 2.70. The molecule has 1 N–H and O–H groups in total. The van der Waals surface area contributed by atoms with Gasteiger partial charge in [-0.2, -0.15) is 0 Å². The van der Waals surface area contributed by atoms with Crippen molar-refractivity contribution in [2.45, 2.75) is 88.9 Å². The number of ether oxygens (including phenoxy) is 3. The van der Waals surface area contributed by atoms with Crippen LogP contribution in [0.4, 0.5) is 0 Å². The fourth-order valence-electron chi connectivity index (χ4n) is 3.64. The first-order chi connectivity index (χ1) is 11.8. The first-order valence-electron chi connectivity index (χ1n) is 9.49. The zero-order valence-electron chi connectivity index (χ0n) is 17.2. The maximum atomic E-state index is 10.9. The van der Waals surface area contributed by atoms with Gasteiger partial charge in [-0.05, 0) is 49.5 Å². The van der Waals surface area contributed by atoms with Crippen molar-refractivity contribution in [2.75, 3.05) is 13.2 Å². The van der Waals surface area contributed by atoms with Crippen LogP contribution in [-0.4, -0.2) is 56.3 Å². The Bertz CT molecular complexity index is 618. The van der Waals surface area contributed by atoms with Gasteiger partial charge in [0.05, 0.1) is 13.2 Å². The minimum absolute atomic E-state index is 0.113. The predicted molar refractivity (Wildman–Crippen MR) is 104 cm³/mol. The Morgan fingerprint density at radius 3 is 2.54 bits per heavy atom. The van der Waals surface area contributed by atoms with Crippen LogP contribution in [0.5, 0.6) is 0 Å². The summed E-state index contributed by atoms with van der Waals surface area (Å²) in [5.41, 5.74) is 1.33. The Morgan fingerprint density at radius 2 is 1.96 bits per heavy atom. The Hall–Kier alpha value is -0.503. The van der Waals surface area contributed by atoms with Gasteiger partial charge in [0.15, 0.2) is 14.1 Å². The average molecular weight is 383 g/mol. The summed E-state index contributed by atoms with van der Waals surface area (Å²) in [6.07, 6.45) is 1.32. The van der Waals surface area contributed by atoms with Crippen molar-refractivity contribution in [3.05, 3.63) is 23.8 Å². The highest BCUT2D eigenvalue weighted by Crippen LogP contribution is 2.55. The van der Waals surface area contributed by atoms with E-state index in [1.54, 1.807) is 0 Å². The van der Waals surface area contributed by atoms with Gasteiger partial charge in [0, 0.05) is 0 Å². The van der Waals surface area contributed by atoms with Crippen molar-refractivity contribution in [2.24, 2.45) is 0 Å². The van der Waals surface area contributed by atoms with Crippen LogP contribution in [0.3, 0.4) is 0 Å². The van der Waals surface area contributed by atoms with Crippen LogP contribution < -0.4 is 0 Å². The van der Waals surface area contributed by atoms with Gasteiger partial charge in [-0.15, -0.1) is 6.58 Å². The number of epoxide rings is 1. The van der Waals surface area contributed by atoms with Crippen LogP contribution >= 0.6 is 0 Å². The van der Waals surface area contributed by atoms with Crippen LogP contribution in [0, 0.1) is 0 Å². The highest BCUT2D eigenvalue weighted by atomic mass is 28.4. The molecular formula is C20H34O5Si. The molecular weight excluding hydrogens is 348 g/mol. The maximum absolute atomic E-state index is 10.9. The predicted octanol–water partition coefficient (Wildman–Crippen LogP) is 3.54. The van der Waals surface area contributed by atoms with Gasteiger partial charge in [-0.1, -0.05) is 26.8 Å². The number of rotatable bonds is 5. The zero-order chi connectivity index (χ0) is 19.5. The molecule has 0 unspecified atom stereocenters. The molecule has 5 nitrogen and oxygen atoms in total. The molecule has 0 amide bonds. The highest BCUT2D eigenvalue weighted by molar-refractivity contribution is 6.74. The van der Waals surface area contributed by atoms with Gasteiger partial charge in [0.2, 0.25) is 0 Å². The molecule has 0 saturated carbocycles. The minimum atomic E-state index is -1.93. The van der Waals surface area contributed by atoms with Crippen LogP contribution in [0.1, 0.15) is 41.0 Å². The van der Waals surface area contributed by atoms with Crippen LogP contribution in [-0.2, 0) is 18.6 Å². The molecule has 0 aromatic rings. The topological polar surface area (TPSA) is 60.5 Å². The molecule has 2 saturated heterocycles. The fraction of sp³-hybridized carbons (Fsp3) is 0.800. The molecule has 3 rings (SSSR count). The van der Waals surface area contributed by atoms with Gasteiger partial charge >= 0.3 is 0 Å². The lowest BCUT2D eigenvalue weighted by Gasteiger charge is -2.44. The van der Waals surface area contributed by atoms with Gasteiger partial charge in [-0.25, -0.2) is 0 Å². The van der Waals surface area contributed by atoms with E-state index in [1.807, 2.05) is 19.9 Å². The zero-order valence-corrected chi connectivity index (χ0v) is 18.2. The largest absolute Gasteiger partial charge is 0.413 e. The van der Waals surface area contributed by atoms with E-state index >= 15 is 0 Å². The molecule has 2 heterocycles. The first-order valence-corrected chi connectivity index (χ1v) is 12.4.